The maximum atomic E-state index is 10.2. The van der Waals surface area contributed by atoms with Crippen LogP contribution in [0.4, 0.5) is 0 Å². The number of hydrogen-bond acceptors (Lipinski definition) is 13. The molecule has 0 aromatic heterocycles. The number of hydrogen-bond donors (Lipinski definition) is 9. The van der Waals surface area contributed by atoms with E-state index in [1.54, 1.807) is 0 Å². The zero-order valence-electron chi connectivity index (χ0n) is 13.0. The third-order valence-electron chi connectivity index (χ3n) is 4.34. The highest BCUT2D eigenvalue weighted by molar-refractivity contribution is 4.99. The third kappa shape index (κ3) is 3.65. The fourth-order valence-corrected chi connectivity index (χ4v) is 2.70. The predicted octanol–water partition coefficient (Wildman–Crippen LogP) is -6.21. The number of ether oxygens (including phenoxy) is 3. The molecule has 0 radical (unpaired) electrons. The molecule has 2 rings (SSSR count). The molecule has 0 bridgehead atoms. The van der Waals surface area contributed by atoms with Crippen LogP contribution in [0.25, 0.3) is 0 Å². The summed E-state index contributed by atoms with van der Waals surface area (Å²) in [5, 5.41) is 68.0. The van der Waals surface area contributed by atoms with Gasteiger partial charge < -0.3 is 50.0 Å². The fraction of sp³-hybridized carbons (Fsp3) is 1.00. The summed E-state index contributed by atoms with van der Waals surface area (Å²) in [6, 6.07) is 0. The molecule has 148 valence electrons. The van der Waals surface area contributed by atoms with Crippen LogP contribution in [-0.2, 0) is 19.0 Å². The van der Waals surface area contributed by atoms with Gasteiger partial charge in [-0.3, -0.25) is 10.6 Å². The molecule has 0 spiro atoms. The van der Waals surface area contributed by atoms with E-state index >= 15 is 0 Å². The summed E-state index contributed by atoms with van der Waals surface area (Å²) >= 11 is 0. The molecule has 0 aromatic carbocycles. The quantitative estimate of drug-likeness (QED) is 0.162. The van der Waals surface area contributed by atoms with E-state index in [4.69, 9.17) is 30.9 Å². The lowest BCUT2D eigenvalue weighted by Gasteiger charge is -2.48. The van der Waals surface area contributed by atoms with E-state index in [9.17, 15) is 30.6 Å². The van der Waals surface area contributed by atoms with Crippen molar-refractivity contribution in [2.45, 2.75) is 61.0 Å². The van der Waals surface area contributed by atoms with Gasteiger partial charge >= 0.3 is 0 Å². The van der Waals surface area contributed by atoms with Crippen molar-refractivity contribution in [3.8, 4) is 0 Å². The molecule has 0 aromatic rings. The lowest BCUT2D eigenvalue weighted by molar-refractivity contribution is -0.393. The van der Waals surface area contributed by atoms with E-state index in [0.29, 0.717) is 0 Å². The molecule has 2 aliphatic heterocycles. The molecular formula is C12H24N2O11. The molecule has 10 atom stereocenters. The van der Waals surface area contributed by atoms with Crippen LogP contribution in [-0.4, -0.2) is 110 Å². The van der Waals surface area contributed by atoms with Gasteiger partial charge in [0.15, 0.2) is 24.4 Å². The van der Waals surface area contributed by atoms with E-state index in [-0.39, 0.29) is 0 Å². The Morgan fingerprint density at radius 2 is 1.36 bits per heavy atom. The minimum Gasteiger partial charge on any atom is -0.394 e. The Labute approximate surface area is 141 Å². The highest BCUT2D eigenvalue weighted by atomic mass is 16.8. The average molecular weight is 372 g/mol. The number of aliphatic hydroxyl groups excluding tert-OH is 7. The molecule has 0 unspecified atom stereocenters. The van der Waals surface area contributed by atoms with Gasteiger partial charge in [-0.15, -0.1) is 0 Å². The smallest absolute Gasteiger partial charge is 0.197 e. The van der Waals surface area contributed by atoms with Gasteiger partial charge in [-0.05, 0) is 0 Å². The third-order valence-corrected chi connectivity index (χ3v) is 4.34. The Hall–Kier alpha value is -0.520. The predicted molar refractivity (Wildman–Crippen MR) is 74.8 cm³/mol. The van der Waals surface area contributed by atoms with E-state index in [1.165, 1.54) is 0 Å². The van der Waals surface area contributed by atoms with E-state index in [2.05, 4.69) is 4.84 Å². The van der Waals surface area contributed by atoms with Crippen molar-refractivity contribution in [3.05, 3.63) is 0 Å². The van der Waals surface area contributed by atoms with Crippen LogP contribution in [0.15, 0.2) is 0 Å². The highest BCUT2D eigenvalue weighted by Gasteiger charge is 2.57. The first kappa shape index (κ1) is 20.8. The molecule has 0 amide bonds. The van der Waals surface area contributed by atoms with Gasteiger partial charge in [0.1, 0.15) is 36.6 Å². The van der Waals surface area contributed by atoms with Crippen molar-refractivity contribution in [2.24, 2.45) is 11.6 Å². The molecule has 2 fully saturated rings. The molecule has 0 saturated carbocycles. The van der Waals surface area contributed by atoms with Crippen molar-refractivity contribution in [1.82, 2.24) is 0 Å². The van der Waals surface area contributed by atoms with Crippen LogP contribution in [0.5, 0.6) is 0 Å². The molecular weight excluding hydrogens is 348 g/mol. The average Bonchev–Trinajstić information content (AvgIpc) is 2.62. The number of aliphatic hydroxyl groups is 7. The Balaban J connectivity index is 2.17. The van der Waals surface area contributed by atoms with Crippen molar-refractivity contribution < 1.29 is 54.8 Å². The van der Waals surface area contributed by atoms with Gasteiger partial charge in [0.25, 0.3) is 0 Å². The molecule has 2 heterocycles. The van der Waals surface area contributed by atoms with Crippen molar-refractivity contribution in [1.29, 1.82) is 0 Å². The van der Waals surface area contributed by atoms with Gasteiger partial charge in [-0.1, -0.05) is 0 Å². The second kappa shape index (κ2) is 8.01. The fourth-order valence-electron chi connectivity index (χ4n) is 2.70. The van der Waals surface area contributed by atoms with Gasteiger partial charge in [0, 0.05) is 0 Å². The first-order chi connectivity index (χ1) is 11.7. The van der Waals surface area contributed by atoms with E-state index in [0.717, 1.165) is 0 Å². The van der Waals surface area contributed by atoms with Gasteiger partial charge in [-0.25, -0.2) is 5.90 Å². The van der Waals surface area contributed by atoms with Gasteiger partial charge in [-0.2, -0.15) is 0 Å². The van der Waals surface area contributed by atoms with Crippen molar-refractivity contribution in [2.75, 3.05) is 13.2 Å². The Morgan fingerprint density at radius 3 is 1.88 bits per heavy atom. The summed E-state index contributed by atoms with van der Waals surface area (Å²) in [5.74, 6) is 5.02. The van der Waals surface area contributed by atoms with E-state index < -0.39 is 74.2 Å². The second-order valence-corrected chi connectivity index (χ2v) is 5.92. The van der Waals surface area contributed by atoms with Crippen LogP contribution in [0.2, 0.25) is 0 Å². The van der Waals surface area contributed by atoms with Crippen LogP contribution >= 0.6 is 0 Å². The monoisotopic (exact) mass is 372 g/mol. The second-order valence-electron chi connectivity index (χ2n) is 5.92. The Bertz CT molecular complexity index is 443. The van der Waals surface area contributed by atoms with Gasteiger partial charge in [0.05, 0.1) is 13.2 Å². The number of nitrogens with two attached hydrogens (primary N) is 2. The van der Waals surface area contributed by atoms with Gasteiger partial charge in [0.2, 0.25) is 0 Å². The largest absolute Gasteiger partial charge is 0.394 e. The molecule has 2 aliphatic rings. The molecule has 25 heavy (non-hydrogen) atoms. The first-order valence-corrected chi connectivity index (χ1v) is 7.46. The lowest BCUT2D eigenvalue weighted by atomic mass is 9.92. The zero-order valence-corrected chi connectivity index (χ0v) is 13.0. The first-order valence-electron chi connectivity index (χ1n) is 7.46. The summed E-state index contributed by atoms with van der Waals surface area (Å²) in [4.78, 5) is 4.44. The summed E-state index contributed by atoms with van der Waals surface area (Å²) in [6.45, 7) is -1.42. The maximum Gasteiger partial charge on any atom is 0.197 e. The minimum absolute atomic E-state index is 0.691. The topological polar surface area (TPSA) is 231 Å². The minimum atomic E-state index is -2.27. The van der Waals surface area contributed by atoms with Crippen molar-refractivity contribution in [3.63, 3.8) is 0 Å². The van der Waals surface area contributed by atoms with Crippen LogP contribution < -0.4 is 11.6 Å². The zero-order chi connectivity index (χ0) is 18.9. The van der Waals surface area contributed by atoms with Crippen LogP contribution in [0.1, 0.15) is 0 Å². The maximum absolute atomic E-state index is 10.2. The molecule has 13 nitrogen and oxygen atoms in total. The Morgan fingerprint density at radius 1 is 0.800 bits per heavy atom. The lowest BCUT2D eigenvalue weighted by Crippen LogP contribution is -2.74. The summed E-state index contributed by atoms with van der Waals surface area (Å²) < 4.78 is 15.5. The highest BCUT2D eigenvalue weighted by Crippen LogP contribution is 2.31. The summed E-state index contributed by atoms with van der Waals surface area (Å²) in [7, 11) is 0. The van der Waals surface area contributed by atoms with Crippen LogP contribution in [0.3, 0.4) is 0 Å². The Kier molecular flexibility index (Phi) is 6.66. The van der Waals surface area contributed by atoms with Crippen molar-refractivity contribution >= 4 is 0 Å². The van der Waals surface area contributed by atoms with E-state index in [1.807, 2.05) is 0 Å². The molecule has 2 saturated heterocycles. The summed E-state index contributed by atoms with van der Waals surface area (Å²) in [6.07, 6.45) is -14.6. The normalized spacial score (nSPS) is 51.5. The molecule has 11 N–H and O–H groups in total. The molecule has 0 aliphatic carbocycles. The summed E-state index contributed by atoms with van der Waals surface area (Å²) in [5.41, 5.74) is 3.42. The standard InChI is InChI=1S/C12H24N2O11/c13-12(25-14)8(20)4(2-16)23-11(9(12)21)24-10-7(19)6(18)5(17)3(1-15)22-10/h3-11,15-21H,1-2,13-14H2/t3-,4-,5-,6+,7-,8-,9+,10-,11-,12+/m1/s1. The molecule has 13 heteroatoms. The SMILES string of the molecule is NO[C@@]1(N)[C@H](O)[C@@H](CO)O[C@H](O[C@H]2O[C@H](CO)[C@@H](O)[C@H](O)[C@H]2O)[C@@H]1O. The number of rotatable bonds is 5. The van der Waals surface area contributed by atoms with Crippen LogP contribution in [0, 0.1) is 0 Å².